The van der Waals surface area contributed by atoms with E-state index in [9.17, 15) is 4.79 Å². The number of anilines is 1. The number of aromatic nitrogens is 2. The minimum absolute atomic E-state index is 0.160. The minimum Gasteiger partial charge on any atom is -0.368 e. The van der Waals surface area contributed by atoms with Crippen LogP contribution >= 0.6 is 11.6 Å². The van der Waals surface area contributed by atoms with E-state index in [-0.39, 0.29) is 10.6 Å². The number of nitrogens with one attached hydrogen (secondary N) is 1. The summed E-state index contributed by atoms with van der Waals surface area (Å²) in [6.07, 6.45) is 1.56. The maximum atomic E-state index is 11.5. The topological polar surface area (TPSA) is 49.0 Å². The molecule has 0 aliphatic heterocycles. The molecule has 0 bridgehead atoms. The first-order valence-corrected chi connectivity index (χ1v) is 6.95. The van der Waals surface area contributed by atoms with Gasteiger partial charge in [-0.1, -0.05) is 48.0 Å². The summed E-state index contributed by atoms with van der Waals surface area (Å²) in [7, 11) is 1.89. The van der Waals surface area contributed by atoms with Crippen LogP contribution in [0.15, 0.2) is 53.5 Å². The van der Waals surface area contributed by atoms with Crippen molar-refractivity contribution in [1.29, 1.82) is 0 Å². The summed E-state index contributed by atoms with van der Waals surface area (Å²) in [6.45, 7) is 0.648. The highest BCUT2D eigenvalue weighted by Crippen LogP contribution is 2.22. The summed E-state index contributed by atoms with van der Waals surface area (Å²) in [5.41, 5.74) is 1.39. The second-order valence-corrected chi connectivity index (χ2v) is 5.31. The van der Waals surface area contributed by atoms with Crippen molar-refractivity contribution >= 4 is 28.1 Å². The van der Waals surface area contributed by atoms with Gasteiger partial charge in [0, 0.05) is 13.6 Å². The van der Waals surface area contributed by atoms with Crippen LogP contribution in [0.5, 0.6) is 0 Å². The Kier molecular flexibility index (Phi) is 3.62. The molecule has 3 aromatic rings. The van der Waals surface area contributed by atoms with Crippen LogP contribution in [0.25, 0.3) is 10.8 Å². The van der Waals surface area contributed by atoms with E-state index in [1.165, 1.54) is 10.8 Å². The van der Waals surface area contributed by atoms with Gasteiger partial charge in [0.15, 0.2) is 0 Å². The summed E-state index contributed by atoms with van der Waals surface area (Å²) in [5.74, 6) is 0. The Morgan fingerprint density at radius 3 is 2.76 bits per heavy atom. The number of nitrogens with zero attached hydrogens (tertiary/aromatic N) is 2. The Morgan fingerprint density at radius 1 is 1.19 bits per heavy atom. The van der Waals surface area contributed by atoms with Crippen LogP contribution < -0.4 is 10.5 Å². The minimum atomic E-state index is -0.375. The molecule has 0 spiro atoms. The van der Waals surface area contributed by atoms with E-state index in [1.807, 2.05) is 24.1 Å². The monoisotopic (exact) mass is 299 g/mol. The zero-order valence-electron chi connectivity index (χ0n) is 11.5. The van der Waals surface area contributed by atoms with Crippen molar-refractivity contribution in [3.8, 4) is 0 Å². The van der Waals surface area contributed by atoms with E-state index in [0.717, 1.165) is 5.56 Å². The third-order valence-electron chi connectivity index (χ3n) is 3.42. The summed E-state index contributed by atoms with van der Waals surface area (Å²) in [5, 5.41) is 8.67. The highest BCUT2D eigenvalue weighted by atomic mass is 35.5. The number of halogens is 1. The van der Waals surface area contributed by atoms with E-state index in [4.69, 9.17) is 11.6 Å². The molecule has 3 rings (SSSR count). The van der Waals surface area contributed by atoms with Gasteiger partial charge in [-0.15, -0.1) is 0 Å². The molecule has 0 saturated carbocycles. The van der Waals surface area contributed by atoms with Crippen molar-refractivity contribution in [2.75, 3.05) is 11.9 Å². The second-order valence-electron chi connectivity index (χ2n) is 4.94. The Morgan fingerprint density at radius 2 is 1.95 bits per heavy atom. The number of fused-ring (bicyclic) bond motifs is 1. The first-order chi connectivity index (χ1) is 10.1. The standard InChI is InChI=1S/C16H14ClN3O/c1-20(14-9-18-19-16(21)15(14)17)10-11-6-7-12-4-2-3-5-13(12)8-11/h2-9H,10H2,1H3,(H,19,21). The van der Waals surface area contributed by atoms with Crippen LogP contribution in [0.2, 0.25) is 5.02 Å². The Bertz CT molecular complexity index is 844. The van der Waals surface area contributed by atoms with Crippen LogP contribution in [0.1, 0.15) is 5.56 Å². The van der Waals surface area contributed by atoms with Crippen molar-refractivity contribution in [2.24, 2.45) is 0 Å². The van der Waals surface area contributed by atoms with Crippen molar-refractivity contribution in [3.63, 3.8) is 0 Å². The van der Waals surface area contributed by atoms with E-state index in [0.29, 0.717) is 12.2 Å². The molecule has 0 amide bonds. The molecule has 21 heavy (non-hydrogen) atoms. The maximum absolute atomic E-state index is 11.5. The molecule has 0 radical (unpaired) electrons. The fourth-order valence-corrected chi connectivity index (χ4v) is 2.57. The quantitative estimate of drug-likeness (QED) is 0.808. The smallest absolute Gasteiger partial charge is 0.285 e. The number of aromatic amines is 1. The molecule has 1 heterocycles. The fraction of sp³-hybridized carbons (Fsp3) is 0.125. The lowest BCUT2D eigenvalue weighted by Gasteiger charge is -2.19. The summed E-state index contributed by atoms with van der Waals surface area (Å²) >= 11 is 6.02. The van der Waals surface area contributed by atoms with Crippen molar-refractivity contribution in [3.05, 3.63) is 69.6 Å². The predicted octanol–water partition coefficient (Wildman–Crippen LogP) is 3.21. The van der Waals surface area contributed by atoms with Crippen LogP contribution in [0, 0.1) is 0 Å². The summed E-state index contributed by atoms with van der Waals surface area (Å²) in [6, 6.07) is 14.5. The number of hydrogen-bond donors (Lipinski definition) is 1. The second kappa shape index (κ2) is 5.58. The van der Waals surface area contributed by atoms with Crippen LogP contribution in [-0.2, 0) is 6.54 Å². The van der Waals surface area contributed by atoms with Gasteiger partial charge in [0.05, 0.1) is 11.9 Å². The molecule has 0 atom stereocenters. The first-order valence-electron chi connectivity index (χ1n) is 6.57. The molecule has 106 valence electrons. The van der Waals surface area contributed by atoms with E-state index in [2.05, 4.69) is 40.5 Å². The van der Waals surface area contributed by atoms with Crippen molar-refractivity contribution in [2.45, 2.75) is 6.54 Å². The van der Waals surface area contributed by atoms with Gasteiger partial charge in [-0.2, -0.15) is 5.10 Å². The van der Waals surface area contributed by atoms with E-state index < -0.39 is 0 Å². The van der Waals surface area contributed by atoms with Crippen LogP contribution in [0.3, 0.4) is 0 Å². The van der Waals surface area contributed by atoms with E-state index in [1.54, 1.807) is 6.20 Å². The molecule has 0 saturated heterocycles. The normalized spacial score (nSPS) is 10.8. The highest BCUT2D eigenvalue weighted by Gasteiger charge is 2.10. The molecule has 1 N–H and O–H groups in total. The molecule has 1 aromatic heterocycles. The Hall–Kier alpha value is -2.33. The molecule has 0 aliphatic carbocycles. The zero-order valence-corrected chi connectivity index (χ0v) is 12.3. The van der Waals surface area contributed by atoms with E-state index >= 15 is 0 Å². The van der Waals surface area contributed by atoms with Crippen molar-refractivity contribution in [1.82, 2.24) is 10.2 Å². The van der Waals surface area contributed by atoms with Gasteiger partial charge in [0.1, 0.15) is 5.02 Å². The Balaban J connectivity index is 1.90. The van der Waals surface area contributed by atoms with Gasteiger partial charge < -0.3 is 4.90 Å². The average Bonchev–Trinajstić information content (AvgIpc) is 2.50. The summed E-state index contributed by atoms with van der Waals surface area (Å²) in [4.78, 5) is 13.4. The van der Waals surface area contributed by atoms with Gasteiger partial charge in [-0.05, 0) is 22.4 Å². The van der Waals surface area contributed by atoms with Crippen molar-refractivity contribution < 1.29 is 0 Å². The van der Waals surface area contributed by atoms with Gasteiger partial charge in [0.2, 0.25) is 0 Å². The molecule has 5 heteroatoms. The molecular weight excluding hydrogens is 286 g/mol. The Labute approximate surface area is 127 Å². The predicted molar refractivity (Wildman–Crippen MR) is 85.9 cm³/mol. The number of rotatable bonds is 3. The molecule has 2 aromatic carbocycles. The van der Waals surface area contributed by atoms with Crippen LogP contribution in [-0.4, -0.2) is 17.2 Å². The number of hydrogen-bond acceptors (Lipinski definition) is 3. The largest absolute Gasteiger partial charge is 0.368 e. The van der Waals surface area contributed by atoms with Gasteiger partial charge in [-0.25, -0.2) is 5.10 Å². The lowest BCUT2D eigenvalue weighted by Crippen LogP contribution is -2.21. The van der Waals surface area contributed by atoms with Gasteiger partial charge >= 0.3 is 0 Å². The third kappa shape index (κ3) is 2.76. The maximum Gasteiger partial charge on any atom is 0.285 e. The molecule has 0 unspecified atom stereocenters. The summed E-state index contributed by atoms with van der Waals surface area (Å²) < 4.78 is 0. The lowest BCUT2D eigenvalue weighted by atomic mass is 10.1. The number of benzene rings is 2. The number of H-pyrrole nitrogens is 1. The molecule has 4 nitrogen and oxygen atoms in total. The molecule has 0 fully saturated rings. The molecule has 0 aliphatic rings. The highest BCUT2D eigenvalue weighted by molar-refractivity contribution is 6.32. The zero-order chi connectivity index (χ0) is 14.8. The third-order valence-corrected chi connectivity index (χ3v) is 3.79. The van der Waals surface area contributed by atoms with Gasteiger partial charge in [0.25, 0.3) is 5.56 Å². The average molecular weight is 300 g/mol. The SMILES string of the molecule is CN(Cc1ccc2ccccc2c1)c1cn[nH]c(=O)c1Cl. The molecular formula is C16H14ClN3O. The van der Waals surface area contributed by atoms with Gasteiger partial charge in [-0.3, -0.25) is 4.79 Å². The first kappa shape index (κ1) is 13.6. The fourth-order valence-electron chi connectivity index (χ4n) is 2.34. The van der Waals surface area contributed by atoms with Crippen LogP contribution in [0.4, 0.5) is 5.69 Å². The lowest BCUT2D eigenvalue weighted by molar-refractivity contribution is 0.895.